The molecule has 12 heteroatoms. The molecule has 1 aliphatic rings. The molecule has 0 radical (unpaired) electrons. The van der Waals surface area contributed by atoms with Crippen LogP contribution in [0.1, 0.15) is 27.2 Å². The van der Waals surface area contributed by atoms with Gasteiger partial charge in [0, 0.05) is 24.3 Å². The van der Waals surface area contributed by atoms with Crippen molar-refractivity contribution < 1.29 is 19.0 Å². The van der Waals surface area contributed by atoms with E-state index in [0.717, 1.165) is 6.20 Å². The van der Waals surface area contributed by atoms with Gasteiger partial charge >= 0.3 is 11.8 Å². The van der Waals surface area contributed by atoms with Crippen molar-refractivity contribution >= 4 is 34.4 Å². The zero-order valence-corrected chi connectivity index (χ0v) is 16.9. The lowest BCUT2D eigenvalue weighted by molar-refractivity contribution is -0.383. The van der Waals surface area contributed by atoms with E-state index >= 15 is 0 Å². The number of nitro groups is 1. The van der Waals surface area contributed by atoms with Gasteiger partial charge in [0.2, 0.25) is 5.65 Å². The van der Waals surface area contributed by atoms with E-state index < -0.39 is 27.8 Å². The minimum absolute atomic E-state index is 0.0382. The number of carbonyl (C=O) groups is 1. The van der Waals surface area contributed by atoms with Crippen molar-refractivity contribution in [2.45, 2.75) is 43.9 Å². The van der Waals surface area contributed by atoms with Crippen molar-refractivity contribution in [3.63, 3.8) is 0 Å². The smallest absolute Gasteiger partial charge is 0.407 e. The number of nitrogens with one attached hydrogen (secondary N) is 1. The van der Waals surface area contributed by atoms with E-state index in [1.54, 1.807) is 26.8 Å². The summed E-state index contributed by atoms with van der Waals surface area (Å²) in [4.78, 5) is 28.9. The number of hydrogen-bond donors (Lipinski definition) is 1. The third-order valence-electron chi connectivity index (χ3n) is 4.13. The van der Waals surface area contributed by atoms with Crippen LogP contribution < -0.4 is 10.2 Å². The molecule has 0 aromatic carbocycles. The monoisotopic (exact) mass is 410 g/mol. The molecule has 3 rings (SSSR count). The number of carbonyl (C=O) groups excluding carboxylic acids is 1. The van der Waals surface area contributed by atoms with Crippen LogP contribution in [0.3, 0.4) is 0 Å². The Morgan fingerprint density at radius 1 is 1.46 bits per heavy atom. The van der Waals surface area contributed by atoms with Gasteiger partial charge in [-0.15, -0.1) is 0 Å². The van der Waals surface area contributed by atoms with Gasteiger partial charge in [-0.3, -0.25) is 10.1 Å². The number of hydrogen-bond acceptors (Lipinski definition) is 8. The highest BCUT2D eigenvalue weighted by atomic mass is 32.2. The largest absolute Gasteiger partial charge is 0.610 e. The SMILES string of the molecule is C[S+]([O-])c1cc(N2CC[C@H](NC(=O)OC(C)(C)C)C2)nc2c([N+](=O)[O-])cnn12. The fraction of sp³-hybridized carbons (Fsp3) is 0.562. The molecule has 2 atom stereocenters. The summed E-state index contributed by atoms with van der Waals surface area (Å²) in [5.74, 6) is 0.454. The zero-order chi connectivity index (χ0) is 20.6. The number of nitrogens with zero attached hydrogens (tertiary/aromatic N) is 5. The molecule has 1 N–H and O–H groups in total. The first-order valence-corrected chi connectivity index (χ1v) is 10.2. The number of rotatable bonds is 4. The fourth-order valence-electron chi connectivity index (χ4n) is 2.97. The molecule has 2 aromatic rings. The van der Waals surface area contributed by atoms with Crippen LogP contribution in [0.4, 0.5) is 16.3 Å². The number of ether oxygens (including phenoxy) is 1. The minimum Gasteiger partial charge on any atom is -0.610 e. The predicted molar refractivity (Wildman–Crippen MR) is 102 cm³/mol. The van der Waals surface area contributed by atoms with Gasteiger partial charge in [0.1, 0.15) is 23.9 Å². The molecular weight excluding hydrogens is 388 g/mol. The molecule has 0 spiro atoms. The summed E-state index contributed by atoms with van der Waals surface area (Å²) >= 11 is -1.42. The molecule has 0 aliphatic carbocycles. The molecule has 3 heterocycles. The van der Waals surface area contributed by atoms with Crippen LogP contribution in [0, 0.1) is 10.1 Å². The van der Waals surface area contributed by atoms with Gasteiger partial charge in [0.15, 0.2) is 0 Å². The van der Waals surface area contributed by atoms with Gasteiger partial charge in [-0.25, -0.2) is 9.78 Å². The second-order valence-electron chi connectivity index (χ2n) is 7.51. The second-order valence-corrected chi connectivity index (χ2v) is 8.83. The summed E-state index contributed by atoms with van der Waals surface area (Å²) in [5, 5.41) is 18.3. The highest BCUT2D eigenvalue weighted by molar-refractivity contribution is 7.90. The lowest BCUT2D eigenvalue weighted by Crippen LogP contribution is -2.40. The second kappa shape index (κ2) is 7.43. The van der Waals surface area contributed by atoms with Crippen molar-refractivity contribution in [2.24, 2.45) is 0 Å². The summed E-state index contributed by atoms with van der Waals surface area (Å²) in [6, 6.07) is 1.46. The predicted octanol–water partition coefficient (Wildman–Crippen LogP) is 1.48. The summed E-state index contributed by atoms with van der Waals surface area (Å²) in [6.07, 6.45) is 2.74. The average molecular weight is 410 g/mol. The van der Waals surface area contributed by atoms with Gasteiger partial charge in [-0.1, -0.05) is 0 Å². The van der Waals surface area contributed by atoms with E-state index in [1.165, 1.54) is 10.8 Å². The molecular formula is C16H22N6O5S. The summed E-state index contributed by atoms with van der Waals surface area (Å²) in [7, 11) is 0. The van der Waals surface area contributed by atoms with Crippen LogP contribution >= 0.6 is 0 Å². The first kappa shape index (κ1) is 20.1. The number of anilines is 1. The van der Waals surface area contributed by atoms with E-state index in [-0.39, 0.29) is 17.4 Å². The van der Waals surface area contributed by atoms with E-state index in [2.05, 4.69) is 15.4 Å². The Morgan fingerprint density at radius 2 is 2.18 bits per heavy atom. The Balaban J connectivity index is 1.83. The molecule has 1 saturated heterocycles. The Hall–Kier alpha value is -2.60. The van der Waals surface area contributed by atoms with Gasteiger partial charge in [-0.05, 0) is 27.2 Å². The van der Waals surface area contributed by atoms with E-state index in [9.17, 15) is 19.5 Å². The summed E-state index contributed by atoms with van der Waals surface area (Å²) in [5.41, 5.74) is -0.803. The first-order valence-electron chi connectivity index (χ1n) is 8.66. The lowest BCUT2D eigenvalue weighted by atomic mass is 10.2. The van der Waals surface area contributed by atoms with Crippen molar-refractivity contribution in [1.29, 1.82) is 0 Å². The zero-order valence-electron chi connectivity index (χ0n) is 16.0. The van der Waals surface area contributed by atoms with Gasteiger partial charge in [0.05, 0.1) is 17.0 Å². The normalized spacial score (nSPS) is 18.3. The van der Waals surface area contributed by atoms with Crippen LogP contribution in [0.25, 0.3) is 5.65 Å². The third kappa shape index (κ3) is 4.28. The summed E-state index contributed by atoms with van der Waals surface area (Å²) in [6.45, 7) is 6.41. The van der Waals surface area contributed by atoms with E-state index in [0.29, 0.717) is 30.4 Å². The molecule has 0 saturated carbocycles. The molecule has 1 fully saturated rings. The van der Waals surface area contributed by atoms with Crippen molar-refractivity contribution in [1.82, 2.24) is 19.9 Å². The maximum absolute atomic E-state index is 12.1. The Labute approximate surface area is 164 Å². The summed E-state index contributed by atoms with van der Waals surface area (Å²) < 4.78 is 18.6. The number of amides is 1. The number of aromatic nitrogens is 3. The quantitative estimate of drug-likeness (QED) is 0.346. The Bertz CT molecular complexity index is 909. The van der Waals surface area contributed by atoms with Crippen LogP contribution in [-0.4, -0.2) is 61.2 Å². The van der Waals surface area contributed by atoms with Crippen LogP contribution in [0.2, 0.25) is 0 Å². The first-order chi connectivity index (χ1) is 13.0. The molecule has 2 aromatic heterocycles. The van der Waals surface area contributed by atoms with E-state index in [4.69, 9.17) is 4.74 Å². The third-order valence-corrected chi connectivity index (χ3v) is 5.01. The standard InChI is InChI=1S/C16H22N6O5S/c1-16(2,3)27-15(23)18-10-5-6-20(9-10)12-7-13(28(4)26)21-14(19-12)11(8-17-21)22(24)25/h7-8,10H,5-6,9H2,1-4H3,(H,18,23)/t10-,28?/m0/s1. The number of fused-ring (bicyclic) bond motifs is 1. The fourth-order valence-corrected chi connectivity index (χ4v) is 3.62. The molecule has 152 valence electrons. The molecule has 0 bridgehead atoms. The Kier molecular flexibility index (Phi) is 5.35. The maximum atomic E-state index is 12.1. The lowest BCUT2D eigenvalue weighted by Gasteiger charge is -2.22. The molecule has 11 nitrogen and oxygen atoms in total. The van der Waals surface area contributed by atoms with Crippen LogP contribution in [-0.2, 0) is 15.9 Å². The molecule has 28 heavy (non-hydrogen) atoms. The maximum Gasteiger partial charge on any atom is 0.407 e. The molecule has 1 aliphatic heterocycles. The van der Waals surface area contributed by atoms with Gasteiger partial charge < -0.3 is 19.5 Å². The number of alkyl carbamates (subject to hydrolysis) is 1. The van der Waals surface area contributed by atoms with E-state index in [1.807, 2.05) is 4.90 Å². The highest BCUT2D eigenvalue weighted by Crippen LogP contribution is 2.27. The van der Waals surface area contributed by atoms with Gasteiger partial charge in [0.25, 0.3) is 5.03 Å². The Morgan fingerprint density at radius 3 is 2.79 bits per heavy atom. The molecule has 1 unspecified atom stereocenters. The van der Waals surface area contributed by atoms with Crippen molar-refractivity contribution in [3.05, 3.63) is 22.4 Å². The minimum atomic E-state index is -1.42. The van der Waals surface area contributed by atoms with Crippen molar-refractivity contribution in [3.8, 4) is 0 Å². The van der Waals surface area contributed by atoms with Crippen molar-refractivity contribution in [2.75, 3.05) is 24.2 Å². The average Bonchev–Trinajstić information content (AvgIpc) is 3.18. The van der Waals surface area contributed by atoms with Gasteiger partial charge in [-0.2, -0.15) is 9.61 Å². The topological polar surface area (TPSA) is 138 Å². The van der Waals surface area contributed by atoms with Crippen LogP contribution in [0.15, 0.2) is 17.3 Å². The highest BCUT2D eigenvalue weighted by Gasteiger charge is 2.30. The van der Waals surface area contributed by atoms with Crippen LogP contribution in [0.5, 0.6) is 0 Å². The molecule has 1 amide bonds.